The third-order valence-electron chi connectivity index (χ3n) is 3.38. The highest BCUT2D eigenvalue weighted by atomic mass is 15.1. The maximum atomic E-state index is 3.51. The molecule has 0 aromatic carbocycles. The molecule has 0 unspecified atom stereocenters. The van der Waals surface area contributed by atoms with Gasteiger partial charge in [-0.15, -0.1) is 0 Å². The first kappa shape index (κ1) is 11.7. The van der Waals surface area contributed by atoms with Crippen molar-refractivity contribution in [2.24, 2.45) is 7.05 Å². The molecule has 1 fully saturated rings. The van der Waals surface area contributed by atoms with Crippen LogP contribution >= 0.6 is 0 Å². The van der Waals surface area contributed by atoms with Crippen LogP contribution in [0.1, 0.15) is 25.0 Å². The smallest absolute Gasteiger partial charge is 0.0359 e. The molecule has 1 aromatic heterocycles. The van der Waals surface area contributed by atoms with E-state index in [0.29, 0.717) is 0 Å². The number of hydrogen-bond acceptors (Lipinski definition) is 2. The van der Waals surface area contributed by atoms with Crippen LogP contribution in [-0.4, -0.2) is 35.6 Å². The molecular formula is C13H23N3. The Labute approximate surface area is 98.4 Å². The molecule has 0 saturated carbocycles. The molecular weight excluding hydrogens is 198 g/mol. The van der Waals surface area contributed by atoms with Gasteiger partial charge in [0.05, 0.1) is 0 Å². The zero-order valence-corrected chi connectivity index (χ0v) is 10.3. The van der Waals surface area contributed by atoms with Crippen LogP contribution < -0.4 is 5.32 Å². The van der Waals surface area contributed by atoms with Gasteiger partial charge in [0.2, 0.25) is 0 Å². The monoisotopic (exact) mass is 221 g/mol. The highest BCUT2D eigenvalue weighted by Gasteiger charge is 2.09. The molecule has 90 valence electrons. The van der Waals surface area contributed by atoms with Gasteiger partial charge in [0.15, 0.2) is 0 Å². The van der Waals surface area contributed by atoms with Crippen LogP contribution in [0.4, 0.5) is 0 Å². The Hall–Kier alpha value is -0.800. The predicted octanol–water partition coefficient (Wildman–Crippen LogP) is 1.60. The minimum absolute atomic E-state index is 0.990. The summed E-state index contributed by atoms with van der Waals surface area (Å²) in [5, 5.41) is 3.51. The molecule has 16 heavy (non-hydrogen) atoms. The minimum Gasteiger partial charge on any atom is -0.353 e. The lowest BCUT2D eigenvalue weighted by Gasteiger charge is -2.14. The number of nitrogens with zero attached hydrogens (tertiary/aromatic N) is 2. The summed E-state index contributed by atoms with van der Waals surface area (Å²) in [5.41, 5.74) is 1.36. The van der Waals surface area contributed by atoms with E-state index in [1.54, 1.807) is 0 Å². The molecule has 0 spiro atoms. The fourth-order valence-corrected chi connectivity index (χ4v) is 2.33. The van der Waals surface area contributed by atoms with Crippen molar-refractivity contribution in [3.63, 3.8) is 0 Å². The van der Waals surface area contributed by atoms with Gasteiger partial charge in [-0.25, -0.2) is 0 Å². The summed E-state index contributed by atoms with van der Waals surface area (Å²) >= 11 is 0. The van der Waals surface area contributed by atoms with Gasteiger partial charge in [-0.05, 0) is 57.6 Å². The maximum Gasteiger partial charge on any atom is 0.0359 e. The largest absolute Gasteiger partial charge is 0.353 e. The van der Waals surface area contributed by atoms with Crippen molar-refractivity contribution in [1.29, 1.82) is 0 Å². The van der Waals surface area contributed by atoms with E-state index in [2.05, 4.69) is 40.2 Å². The van der Waals surface area contributed by atoms with Crippen LogP contribution in [0.3, 0.4) is 0 Å². The van der Waals surface area contributed by atoms with E-state index in [9.17, 15) is 0 Å². The molecule has 2 heterocycles. The highest BCUT2D eigenvalue weighted by molar-refractivity contribution is 5.05. The van der Waals surface area contributed by atoms with Crippen molar-refractivity contribution < 1.29 is 0 Å². The average Bonchev–Trinajstić information content (AvgIpc) is 2.90. The van der Waals surface area contributed by atoms with Crippen LogP contribution in [0.2, 0.25) is 0 Å². The summed E-state index contributed by atoms with van der Waals surface area (Å²) in [6.45, 7) is 6.01. The van der Waals surface area contributed by atoms with Crippen molar-refractivity contribution in [3.05, 3.63) is 24.0 Å². The molecule has 0 atom stereocenters. The SMILES string of the molecule is Cn1cccc1CNCCCN1CCCC1. The Bertz CT molecular complexity index is 300. The minimum atomic E-state index is 0.990. The molecule has 3 nitrogen and oxygen atoms in total. The van der Waals surface area contributed by atoms with Crippen molar-refractivity contribution in [2.75, 3.05) is 26.2 Å². The van der Waals surface area contributed by atoms with Gasteiger partial charge >= 0.3 is 0 Å². The number of aryl methyl sites for hydroxylation is 1. The van der Waals surface area contributed by atoms with E-state index in [1.807, 2.05) is 0 Å². The van der Waals surface area contributed by atoms with Crippen LogP contribution in [0.5, 0.6) is 0 Å². The van der Waals surface area contributed by atoms with Gasteiger partial charge < -0.3 is 14.8 Å². The molecule has 2 rings (SSSR count). The topological polar surface area (TPSA) is 20.2 Å². The predicted molar refractivity (Wildman–Crippen MR) is 67.4 cm³/mol. The molecule has 0 amide bonds. The van der Waals surface area contributed by atoms with Gasteiger partial charge in [-0.1, -0.05) is 0 Å². The normalized spacial score (nSPS) is 17.1. The summed E-state index contributed by atoms with van der Waals surface area (Å²) < 4.78 is 2.17. The Morgan fingerprint density at radius 3 is 2.81 bits per heavy atom. The lowest BCUT2D eigenvalue weighted by Crippen LogP contribution is -2.25. The third-order valence-corrected chi connectivity index (χ3v) is 3.38. The molecule has 0 radical (unpaired) electrons. The Kier molecular flexibility index (Phi) is 4.43. The molecule has 1 aliphatic rings. The Morgan fingerprint density at radius 2 is 2.12 bits per heavy atom. The van der Waals surface area contributed by atoms with Gasteiger partial charge in [-0.2, -0.15) is 0 Å². The van der Waals surface area contributed by atoms with E-state index in [0.717, 1.165) is 13.1 Å². The number of nitrogens with one attached hydrogen (secondary N) is 1. The molecule has 1 aliphatic heterocycles. The summed E-state index contributed by atoms with van der Waals surface area (Å²) in [6, 6.07) is 4.27. The number of aromatic nitrogens is 1. The van der Waals surface area contributed by atoms with Gasteiger partial charge in [0, 0.05) is 25.5 Å². The summed E-state index contributed by atoms with van der Waals surface area (Å²) in [5.74, 6) is 0. The van der Waals surface area contributed by atoms with Crippen molar-refractivity contribution >= 4 is 0 Å². The van der Waals surface area contributed by atoms with Crippen LogP contribution in [0, 0.1) is 0 Å². The Morgan fingerprint density at radius 1 is 1.31 bits per heavy atom. The summed E-state index contributed by atoms with van der Waals surface area (Å²) in [4.78, 5) is 2.57. The second-order valence-corrected chi connectivity index (χ2v) is 4.69. The van der Waals surface area contributed by atoms with E-state index in [-0.39, 0.29) is 0 Å². The lowest BCUT2D eigenvalue weighted by atomic mass is 10.3. The quantitative estimate of drug-likeness (QED) is 0.736. The van der Waals surface area contributed by atoms with Gasteiger partial charge in [0.25, 0.3) is 0 Å². The van der Waals surface area contributed by atoms with E-state index in [1.165, 1.54) is 44.6 Å². The molecule has 0 bridgehead atoms. The zero-order chi connectivity index (χ0) is 11.2. The molecule has 0 aliphatic carbocycles. The van der Waals surface area contributed by atoms with E-state index < -0.39 is 0 Å². The summed E-state index contributed by atoms with van der Waals surface area (Å²) in [7, 11) is 2.10. The second-order valence-electron chi connectivity index (χ2n) is 4.69. The standard InChI is InChI=1S/C13H23N3/c1-15-8-4-6-13(15)12-14-7-5-11-16-9-2-3-10-16/h4,6,8,14H,2-3,5,7,9-12H2,1H3. The first-order chi connectivity index (χ1) is 7.86. The number of hydrogen-bond donors (Lipinski definition) is 1. The third kappa shape index (κ3) is 3.35. The Balaban J connectivity index is 1.53. The van der Waals surface area contributed by atoms with Crippen molar-refractivity contribution in [3.8, 4) is 0 Å². The second kappa shape index (κ2) is 6.06. The number of likely N-dealkylation sites (tertiary alicyclic amines) is 1. The number of rotatable bonds is 6. The zero-order valence-electron chi connectivity index (χ0n) is 10.3. The van der Waals surface area contributed by atoms with E-state index >= 15 is 0 Å². The molecule has 1 saturated heterocycles. The van der Waals surface area contributed by atoms with Crippen molar-refractivity contribution in [2.45, 2.75) is 25.8 Å². The molecule has 3 heteroatoms. The fraction of sp³-hybridized carbons (Fsp3) is 0.692. The van der Waals surface area contributed by atoms with Gasteiger partial charge in [-0.3, -0.25) is 0 Å². The molecule has 1 N–H and O–H groups in total. The average molecular weight is 221 g/mol. The molecule has 1 aromatic rings. The van der Waals surface area contributed by atoms with Crippen LogP contribution in [0.15, 0.2) is 18.3 Å². The maximum absolute atomic E-state index is 3.51. The van der Waals surface area contributed by atoms with Crippen molar-refractivity contribution in [1.82, 2.24) is 14.8 Å². The highest BCUT2D eigenvalue weighted by Crippen LogP contribution is 2.07. The van der Waals surface area contributed by atoms with E-state index in [4.69, 9.17) is 0 Å². The van der Waals surface area contributed by atoms with Crippen LogP contribution in [-0.2, 0) is 13.6 Å². The van der Waals surface area contributed by atoms with Gasteiger partial charge in [0.1, 0.15) is 0 Å². The first-order valence-corrected chi connectivity index (χ1v) is 6.39. The first-order valence-electron chi connectivity index (χ1n) is 6.39. The van der Waals surface area contributed by atoms with Crippen LogP contribution in [0.25, 0.3) is 0 Å². The fourth-order valence-electron chi connectivity index (χ4n) is 2.33. The lowest BCUT2D eigenvalue weighted by molar-refractivity contribution is 0.331. The summed E-state index contributed by atoms with van der Waals surface area (Å²) in [6.07, 6.45) is 6.17.